The zero-order chi connectivity index (χ0) is 22.1. The maximum Gasteiger partial charge on any atom is 0.127 e. The Hall–Kier alpha value is -3.05. The first-order valence-corrected chi connectivity index (χ1v) is 10.6. The van der Waals surface area contributed by atoms with Crippen LogP contribution < -0.4 is 4.74 Å². The van der Waals surface area contributed by atoms with Gasteiger partial charge in [0.05, 0.1) is 11.6 Å². The van der Waals surface area contributed by atoms with Crippen molar-refractivity contribution in [3.8, 4) is 22.9 Å². The molecule has 0 radical (unpaired) electrons. The molecular formula is C28H33NO. The van der Waals surface area contributed by atoms with Crippen LogP contribution in [0.4, 0.5) is 0 Å². The standard InChI is InChI=1S/C28H33NO/c1-20(2)7-8-21(3)22(4)9-10-23(5)24(6)30-28-17-15-27(16-18-28)26-13-11-25(19-29)12-14-26/h9-18,20-21H,6-8H2,1-5H3/b22-9+,23-10+. The summed E-state index contributed by atoms with van der Waals surface area (Å²) in [5, 5.41) is 8.92. The lowest BCUT2D eigenvalue weighted by Gasteiger charge is -2.13. The maximum absolute atomic E-state index is 8.92. The van der Waals surface area contributed by atoms with E-state index >= 15 is 0 Å². The molecule has 0 heterocycles. The topological polar surface area (TPSA) is 33.0 Å². The lowest BCUT2D eigenvalue weighted by atomic mass is 9.93. The molecule has 30 heavy (non-hydrogen) atoms. The molecule has 0 amide bonds. The van der Waals surface area contributed by atoms with Gasteiger partial charge in [-0.3, -0.25) is 0 Å². The van der Waals surface area contributed by atoms with Crippen LogP contribution in [0.25, 0.3) is 11.1 Å². The second kappa shape index (κ2) is 11.2. The summed E-state index contributed by atoms with van der Waals surface area (Å²) < 4.78 is 5.94. The number of ether oxygens (including phenoxy) is 1. The van der Waals surface area contributed by atoms with Gasteiger partial charge in [0.2, 0.25) is 0 Å². The second-order valence-electron chi connectivity index (χ2n) is 8.37. The maximum atomic E-state index is 8.92. The minimum absolute atomic E-state index is 0.584. The van der Waals surface area contributed by atoms with Crippen LogP contribution in [0.1, 0.15) is 53.0 Å². The number of hydrogen-bond acceptors (Lipinski definition) is 2. The fourth-order valence-electron chi connectivity index (χ4n) is 3.00. The molecule has 0 aromatic heterocycles. The zero-order valence-electron chi connectivity index (χ0n) is 18.9. The molecule has 0 N–H and O–H groups in total. The molecule has 0 spiro atoms. The van der Waals surface area contributed by atoms with Crippen LogP contribution in [0.5, 0.6) is 5.75 Å². The van der Waals surface area contributed by atoms with Gasteiger partial charge in [0, 0.05) is 0 Å². The molecular weight excluding hydrogens is 366 g/mol. The number of nitrogens with zero attached hydrogens (tertiary/aromatic N) is 1. The SMILES string of the molecule is C=C(Oc1ccc(-c2ccc(C#N)cc2)cc1)/C(C)=C/C=C(\C)C(C)CCC(C)C. The summed E-state index contributed by atoms with van der Waals surface area (Å²) in [4.78, 5) is 0. The van der Waals surface area contributed by atoms with Gasteiger partial charge in [-0.05, 0) is 73.1 Å². The molecule has 156 valence electrons. The molecule has 0 aliphatic carbocycles. The minimum Gasteiger partial charge on any atom is -0.458 e. The van der Waals surface area contributed by atoms with Gasteiger partial charge in [-0.25, -0.2) is 0 Å². The molecule has 1 unspecified atom stereocenters. The first-order valence-electron chi connectivity index (χ1n) is 10.6. The van der Waals surface area contributed by atoms with E-state index in [1.165, 1.54) is 18.4 Å². The quantitative estimate of drug-likeness (QED) is 0.315. The Morgan fingerprint density at radius 1 is 0.933 bits per heavy atom. The van der Waals surface area contributed by atoms with Crippen molar-refractivity contribution >= 4 is 0 Å². The first kappa shape index (κ1) is 23.2. The summed E-state index contributed by atoms with van der Waals surface area (Å²) >= 11 is 0. The Labute approximate surface area is 182 Å². The van der Waals surface area contributed by atoms with E-state index in [0.717, 1.165) is 28.4 Å². The van der Waals surface area contributed by atoms with Crippen LogP contribution in [0.3, 0.4) is 0 Å². The van der Waals surface area contributed by atoms with Crippen molar-refractivity contribution in [2.75, 3.05) is 0 Å². The van der Waals surface area contributed by atoms with E-state index in [-0.39, 0.29) is 0 Å². The highest BCUT2D eigenvalue weighted by molar-refractivity contribution is 5.65. The van der Waals surface area contributed by atoms with E-state index < -0.39 is 0 Å². The number of benzene rings is 2. The molecule has 2 aromatic rings. The predicted octanol–water partition coefficient (Wildman–Crippen LogP) is 8.08. The summed E-state index contributed by atoms with van der Waals surface area (Å²) in [5.41, 5.74) is 5.22. The molecule has 2 heteroatoms. The number of hydrogen-bond donors (Lipinski definition) is 0. The van der Waals surface area contributed by atoms with Crippen LogP contribution >= 0.6 is 0 Å². The molecule has 0 aliphatic rings. The van der Waals surface area contributed by atoms with Gasteiger partial charge in [-0.1, -0.05) is 75.8 Å². The normalized spacial score (nSPS) is 13.1. The summed E-state index contributed by atoms with van der Waals surface area (Å²) in [6, 6.07) is 17.6. The lowest BCUT2D eigenvalue weighted by Crippen LogP contribution is -1.99. The van der Waals surface area contributed by atoms with Gasteiger partial charge in [0.25, 0.3) is 0 Å². The van der Waals surface area contributed by atoms with Crippen molar-refractivity contribution in [1.82, 2.24) is 0 Å². The fraction of sp³-hybridized carbons (Fsp3) is 0.321. The van der Waals surface area contributed by atoms with Gasteiger partial charge < -0.3 is 4.74 Å². The highest BCUT2D eigenvalue weighted by Gasteiger charge is 2.06. The third kappa shape index (κ3) is 7.08. The zero-order valence-corrected chi connectivity index (χ0v) is 18.9. The number of nitriles is 1. The number of allylic oxidation sites excluding steroid dienone is 4. The van der Waals surface area contributed by atoms with Crippen LogP contribution in [-0.2, 0) is 0 Å². The molecule has 1 atom stereocenters. The molecule has 2 aromatic carbocycles. The average molecular weight is 400 g/mol. The summed E-state index contributed by atoms with van der Waals surface area (Å²) in [6.45, 7) is 15.1. The molecule has 0 bridgehead atoms. The predicted molar refractivity (Wildman–Crippen MR) is 127 cm³/mol. The summed E-state index contributed by atoms with van der Waals surface area (Å²) in [7, 11) is 0. The van der Waals surface area contributed by atoms with E-state index in [4.69, 9.17) is 10.00 Å². The van der Waals surface area contributed by atoms with Gasteiger partial charge in [0.15, 0.2) is 0 Å². The van der Waals surface area contributed by atoms with Crippen molar-refractivity contribution in [3.05, 3.63) is 89.7 Å². The second-order valence-corrected chi connectivity index (χ2v) is 8.37. The van der Waals surface area contributed by atoms with E-state index in [9.17, 15) is 0 Å². The largest absolute Gasteiger partial charge is 0.458 e. The van der Waals surface area contributed by atoms with Crippen molar-refractivity contribution in [2.45, 2.75) is 47.5 Å². The molecule has 0 aliphatic heterocycles. The average Bonchev–Trinajstić information content (AvgIpc) is 2.76. The van der Waals surface area contributed by atoms with E-state index in [1.54, 1.807) is 0 Å². The first-order chi connectivity index (χ1) is 14.3. The van der Waals surface area contributed by atoms with Gasteiger partial charge in [-0.2, -0.15) is 5.26 Å². The third-order valence-electron chi connectivity index (χ3n) is 5.43. The highest BCUT2D eigenvalue weighted by atomic mass is 16.5. The van der Waals surface area contributed by atoms with Crippen LogP contribution in [0, 0.1) is 23.2 Å². The van der Waals surface area contributed by atoms with Gasteiger partial charge >= 0.3 is 0 Å². The van der Waals surface area contributed by atoms with Gasteiger partial charge in [0.1, 0.15) is 11.5 Å². The Kier molecular flexibility index (Phi) is 8.69. The van der Waals surface area contributed by atoms with Crippen LogP contribution in [0.2, 0.25) is 0 Å². The number of rotatable bonds is 9. The fourth-order valence-corrected chi connectivity index (χ4v) is 3.00. The summed E-state index contributed by atoms with van der Waals surface area (Å²) in [5.74, 6) is 2.74. The van der Waals surface area contributed by atoms with Crippen molar-refractivity contribution in [1.29, 1.82) is 5.26 Å². The third-order valence-corrected chi connectivity index (χ3v) is 5.43. The van der Waals surface area contributed by atoms with Crippen LogP contribution in [0.15, 0.2) is 84.2 Å². The van der Waals surface area contributed by atoms with E-state index in [1.807, 2.05) is 55.5 Å². The minimum atomic E-state index is 0.584. The molecule has 2 nitrogen and oxygen atoms in total. The Morgan fingerprint density at radius 2 is 1.50 bits per heavy atom. The monoisotopic (exact) mass is 399 g/mol. The van der Waals surface area contributed by atoms with Crippen molar-refractivity contribution < 1.29 is 4.74 Å². The Balaban J connectivity index is 1.98. The van der Waals surface area contributed by atoms with Gasteiger partial charge in [-0.15, -0.1) is 0 Å². The summed E-state index contributed by atoms with van der Waals surface area (Å²) in [6.07, 6.45) is 6.75. The Morgan fingerprint density at radius 3 is 2.03 bits per heavy atom. The lowest BCUT2D eigenvalue weighted by molar-refractivity contribution is 0.439. The van der Waals surface area contributed by atoms with E-state index in [0.29, 0.717) is 17.2 Å². The molecule has 0 fully saturated rings. The van der Waals surface area contributed by atoms with Crippen LogP contribution in [-0.4, -0.2) is 0 Å². The van der Waals surface area contributed by atoms with Crippen molar-refractivity contribution in [3.63, 3.8) is 0 Å². The highest BCUT2D eigenvalue weighted by Crippen LogP contribution is 2.25. The smallest absolute Gasteiger partial charge is 0.127 e. The molecule has 0 saturated heterocycles. The van der Waals surface area contributed by atoms with Crippen molar-refractivity contribution in [2.24, 2.45) is 11.8 Å². The molecule has 0 saturated carbocycles. The van der Waals surface area contributed by atoms with E-state index in [2.05, 4.69) is 52.5 Å². The molecule has 2 rings (SSSR count). The Bertz CT molecular complexity index is 938.